The van der Waals surface area contributed by atoms with Gasteiger partial charge < -0.3 is 15.0 Å². The van der Waals surface area contributed by atoms with Crippen LogP contribution >= 0.6 is 0 Å². The zero-order valence-corrected chi connectivity index (χ0v) is 12.9. The van der Waals surface area contributed by atoms with Gasteiger partial charge in [-0.1, -0.05) is 18.2 Å². The molecule has 0 unspecified atom stereocenters. The number of para-hydroxylation sites is 1. The van der Waals surface area contributed by atoms with E-state index in [4.69, 9.17) is 4.74 Å². The molecule has 0 aliphatic carbocycles. The number of nitrogens with one attached hydrogen (secondary N) is 1. The Morgan fingerprint density at radius 2 is 2.05 bits per heavy atom. The Labute approximate surface area is 131 Å². The molecule has 3 fully saturated rings. The number of carbonyl (C=O) groups excluding carboxylic acids is 1. The zero-order valence-electron chi connectivity index (χ0n) is 12.9. The van der Waals surface area contributed by atoms with Crippen LogP contribution in [-0.2, 0) is 9.53 Å². The summed E-state index contributed by atoms with van der Waals surface area (Å²) in [7, 11) is 0. The van der Waals surface area contributed by atoms with Crippen LogP contribution in [0.5, 0.6) is 0 Å². The van der Waals surface area contributed by atoms with Crippen LogP contribution in [0, 0.1) is 5.92 Å². The lowest BCUT2D eigenvalue weighted by Crippen LogP contribution is -2.48. The second-order valence-electron chi connectivity index (χ2n) is 6.85. The van der Waals surface area contributed by atoms with E-state index in [-0.39, 0.29) is 12.0 Å². The van der Waals surface area contributed by atoms with Crippen molar-refractivity contribution in [3.8, 4) is 0 Å². The molecule has 3 aliphatic rings. The lowest BCUT2D eigenvalue weighted by Gasteiger charge is -2.36. The van der Waals surface area contributed by atoms with Gasteiger partial charge >= 0.3 is 0 Å². The van der Waals surface area contributed by atoms with Gasteiger partial charge in [0.25, 0.3) is 0 Å². The van der Waals surface area contributed by atoms with Crippen molar-refractivity contribution in [3.05, 3.63) is 30.3 Å². The van der Waals surface area contributed by atoms with E-state index in [0.29, 0.717) is 18.1 Å². The number of ether oxygens (including phenoxy) is 1. The monoisotopic (exact) mass is 300 g/mol. The predicted octanol–water partition coefficient (Wildman–Crippen LogP) is 2.66. The molecule has 0 radical (unpaired) electrons. The molecule has 3 saturated heterocycles. The SMILES string of the molecule is O=C([C@@H]1C[C@H]2CC[C@H]1O2)N1CCC[C@H](Nc2ccccc2)C1. The maximum absolute atomic E-state index is 12.8. The number of hydrogen-bond donors (Lipinski definition) is 1. The minimum absolute atomic E-state index is 0.120. The van der Waals surface area contributed by atoms with Crippen LogP contribution in [-0.4, -0.2) is 42.1 Å². The van der Waals surface area contributed by atoms with Gasteiger partial charge in [0.2, 0.25) is 5.91 Å². The lowest BCUT2D eigenvalue weighted by atomic mass is 9.87. The molecule has 0 saturated carbocycles. The van der Waals surface area contributed by atoms with Crippen molar-refractivity contribution in [1.82, 2.24) is 4.90 Å². The van der Waals surface area contributed by atoms with E-state index in [1.807, 2.05) is 18.2 Å². The predicted molar refractivity (Wildman–Crippen MR) is 85.7 cm³/mol. The first-order valence-corrected chi connectivity index (χ1v) is 8.55. The summed E-state index contributed by atoms with van der Waals surface area (Å²) in [5.74, 6) is 0.445. The number of piperidine rings is 1. The molecule has 4 heteroatoms. The van der Waals surface area contributed by atoms with Gasteiger partial charge in [-0.05, 0) is 44.2 Å². The fourth-order valence-electron chi connectivity index (χ4n) is 4.20. The maximum Gasteiger partial charge on any atom is 0.228 e. The second kappa shape index (κ2) is 5.92. The molecule has 0 aromatic heterocycles. The third kappa shape index (κ3) is 2.72. The van der Waals surface area contributed by atoms with Crippen LogP contribution in [0.25, 0.3) is 0 Å². The van der Waals surface area contributed by atoms with Gasteiger partial charge in [-0.25, -0.2) is 0 Å². The molecule has 3 aliphatic heterocycles. The van der Waals surface area contributed by atoms with Crippen LogP contribution in [0.4, 0.5) is 5.69 Å². The summed E-state index contributed by atoms with van der Waals surface area (Å²) >= 11 is 0. The molecule has 4 atom stereocenters. The van der Waals surface area contributed by atoms with Crippen molar-refractivity contribution in [1.29, 1.82) is 0 Å². The Kier molecular flexibility index (Phi) is 3.78. The van der Waals surface area contributed by atoms with Gasteiger partial charge in [-0.3, -0.25) is 4.79 Å². The van der Waals surface area contributed by atoms with Crippen molar-refractivity contribution in [2.24, 2.45) is 5.92 Å². The first-order chi connectivity index (χ1) is 10.8. The van der Waals surface area contributed by atoms with Gasteiger partial charge in [0.05, 0.1) is 18.1 Å². The highest BCUT2D eigenvalue weighted by molar-refractivity contribution is 5.80. The Hall–Kier alpha value is -1.55. The summed E-state index contributed by atoms with van der Waals surface area (Å²) in [6.45, 7) is 1.72. The normalized spacial score (nSPS) is 33.9. The van der Waals surface area contributed by atoms with E-state index in [1.165, 1.54) is 0 Å². The van der Waals surface area contributed by atoms with Gasteiger partial charge in [0, 0.05) is 24.8 Å². The summed E-state index contributed by atoms with van der Waals surface area (Å²) in [4.78, 5) is 14.9. The number of amides is 1. The highest BCUT2D eigenvalue weighted by atomic mass is 16.5. The Morgan fingerprint density at radius 1 is 1.18 bits per heavy atom. The van der Waals surface area contributed by atoms with Crippen molar-refractivity contribution in [3.63, 3.8) is 0 Å². The van der Waals surface area contributed by atoms with Gasteiger partial charge in [0.15, 0.2) is 0 Å². The molecule has 22 heavy (non-hydrogen) atoms. The van der Waals surface area contributed by atoms with Crippen LogP contribution in [0.2, 0.25) is 0 Å². The zero-order chi connectivity index (χ0) is 14.9. The topological polar surface area (TPSA) is 41.6 Å². The van der Waals surface area contributed by atoms with E-state index in [2.05, 4.69) is 22.3 Å². The van der Waals surface area contributed by atoms with Gasteiger partial charge in [-0.15, -0.1) is 0 Å². The highest BCUT2D eigenvalue weighted by Crippen LogP contribution is 2.39. The van der Waals surface area contributed by atoms with Crippen molar-refractivity contribution < 1.29 is 9.53 Å². The minimum atomic E-state index is 0.120. The number of hydrogen-bond acceptors (Lipinski definition) is 3. The molecule has 1 amide bonds. The van der Waals surface area contributed by atoms with Crippen LogP contribution in [0.15, 0.2) is 30.3 Å². The van der Waals surface area contributed by atoms with Crippen molar-refractivity contribution in [2.75, 3.05) is 18.4 Å². The highest BCUT2D eigenvalue weighted by Gasteiger charge is 2.46. The van der Waals surface area contributed by atoms with Crippen molar-refractivity contribution >= 4 is 11.6 Å². The number of fused-ring (bicyclic) bond motifs is 2. The molecule has 1 aromatic carbocycles. The van der Waals surface area contributed by atoms with Gasteiger partial charge in [0.1, 0.15) is 0 Å². The van der Waals surface area contributed by atoms with E-state index < -0.39 is 0 Å². The summed E-state index contributed by atoms with van der Waals surface area (Å²) in [5, 5.41) is 3.57. The van der Waals surface area contributed by atoms with Crippen LogP contribution in [0.1, 0.15) is 32.1 Å². The fourth-order valence-corrected chi connectivity index (χ4v) is 4.20. The summed E-state index contributed by atoms with van der Waals surface area (Å²) in [6, 6.07) is 10.6. The third-order valence-electron chi connectivity index (χ3n) is 5.30. The smallest absolute Gasteiger partial charge is 0.228 e. The molecule has 2 bridgehead atoms. The second-order valence-corrected chi connectivity index (χ2v) is 6.85. The Morgan fingerprint density at radius 3 is 2.77 bits per heavy atom. The number of likely N-dealkylation sites (tertiary alicyclic amines) is 1. The number of carbonyl (C=O) groups is 1. The molecule has 1 aromatic rings. The Bertz CT molecular complexity index is 533. The Balaban J connectivity index is 1.37. The van der Waals surface area contributed by atoms with Crippen molar-refractivity contribution in [2.45, 2.75) is 50.4 Å². The van der Waals surface area contributed by atoms with E-state index in [0.717, 1.165) is 50.9 Å². The van der Waals surface area contributed by atoms with E-state index >= 15 is 0 Å². The number of rotatable bonds is 3. The molecule has 0 spiro atoms. The summed E-state index contributed by atoms with van der Waals surface area (Å²) in [5.41, 5.74) is 1.14. The number of nitrogens with zero attached hydrogens (tertiary/aromatic N) is 1. The number of anilines is 1. The molecule has 3 heterocycles. The number of benzene rings is 1. The first-order valence-electron chi connectivity index (χ1n) is 8.55. The van der Waals surface area contributed by atoms with E-state index in [1.54, 1.807) is 0 Å². The largest absolute Gasteiger partial charge is 0.381 e. The standard InChI is InChI=1S/C18H24N2O2/c21-18(16-11-15-8-9-17(16)22-15)20-10-4-7-14(12-20)19-13-5-2-1-3-6-13/h1-3,5-6,14-17,19H,4,7-12H2/t14-,15+,16+,17+/m0/s1. The maximum atomic E-state index is 12.8. The molecule has 4 rings (SSSR count). The fraction of sp³-hybridized carbons (Fsp3) is 0.611. The summed E-state index contributed by atoms with van der Waals surface area (Å²) in [6.07, 6.45) is 5.91. The molecule has 1 N–H and O–H groups in total. The minimum Gasteiger partial charge on any atom is -0.381 e. The molecule has 4 nitrogen and oxygen atoms in total. The summed E-state index contributed by atoms with van der Waals surface area (Å²) < 4.78 is 5.86. The third-order valence-corrected chi connectivity index (χ3v) is 5.30. The van der Waals surface area contributed by atoms with Crippen LogP contribution in [0.3, 0.4) is 0 Å². The average molecular weight is 300 g/mol. The quantitative estimate of drug-likeness (QED) is 0.933. The molecule has 118 valence electrons. The molecular formula is C18H24N2O2. The lowest BCUT2D eigenvalue weighted by molar-refractivity contribution is -0.138. The average Bonchev–Trinajstić information content (AvgIpc) is 3.18. The molecular weight excluding hydrogens is 276 g/mol. The van der Waals surface area contributed by atoms with Gasteiger partial charge in [-0.2, -0.15) is 0 Å². The van der Waals surface area contributed by atoms with Crippen LogP contribution < -0.4 is 5.32 Å². The van der Waals surface area contributed by atoms with E-state index in [9.17, 15) is 4.79 Å². The first kappa shape index (κ1) is 14.1.